The summed E-state index contributed by atoms with van der Waals surface area (Å²) in [6.45, 7) is 16.9. The SMILES string of the molecule is C=O.CCCCCC(CC=O)CCCCC.CCCCCC(CCCCC)CCCCCCCCCCC(CCCCCCCCCOC)OCCCN1CCCCC1.CO. The van der Waals surface area contributed by atoms with Crippen LogP contribution in [-0.4, -0.2) is 76.3 Å². The molecule has 1 aliphatic heterocycles. The summed E-state index contributed by atoms with van der Waals surface area (Å²) < 4.78 is 11.7. The molecular formula is C55H113NO5. The number of aldehydes is 1. The lowest BCUT2D eigenvalue weighted by atomic mass is 9.90. The highest BCUT2D eigenvalue weighted by Crippen LogP contribution is 2.25. The number of methoxy groups -OCH3 is 1. The van der Waals surface area contributed by atoms with Gasteiger partial charge < -0.3 is 29.1 Å². The molecule has 61 heavy (non-hydrogen) atoms. The minimum absolute atomic E-state index is 0.505. The largest absolute Gasteiger partial charge is 0.400 e. The van der Waals surface area contributed by atoms with Crippen LogP contribution in [-0.2, 0) is 19.1 Å². The zero-order chi connectivity index (χ0) is 45.5. The van der Waals surface area contributed by atoms with Gasteiger partial charge >= 0.3 is 0 Å². The van der Waals surface area contributed by atoms with E-state index < -0.39 is 0 Å². The van der Waals surface area contributed by atoms with E-state index in [0.717, 1.165) is 38.9 Å². The first-order valence-corrected chi connectivity index (χ1v) is 27.1. The van der Waals surface area contributed by atoms with Crippen LogP contribution in [0.4, 0.5) is 0 Å². The van der Waals surface area contributed by atoms with E-state index in [1.165, 1.54) is 264 Å². The maximum absolute atomic E-state index is 10.5. The zero-order valence-electron chi connectivity index (χ0n) is 42.7. The molecule has 6 heteroatoms. The van der Waals surface area contributed by atoms with E-state index in [9.17, 15) is 4.79 Å². The molecule has 1 rings (SSSR count). The van der Waals surface area contributed by atoms with E-state index in [1.807, 2.05) is 13.9 Å². The number of carbonyl (C=O) groups is 2. The van der Waals surface area contributed by atoms with E-state index in [4.69, 9.17) is 19.4 Å². The van der Waals surface area contributed by atoms with Crippen LogP contribution < -0.4 is 0 Å². The normalized spacial score (nSPS) is 13.3. The monoisotopic (exact) mass is 868 g/mol. The number of rotatable bonds is 44. The molecule has 1 saturated heterocycles. The van der Waals surface area contributed by atoms with Crippen molar-refractivity contribution in [1.82, 2.24) is 4.90 Å². The first-order valence-electron chi connectivity index (χ1n) is 27.1. The predicted molar refractivity (Wildman–Crippen MR) is 269 cm³/mol. The third-order valence-electron chi connectivity index (χ3n) is 13.0. The van der Waals surface area contributed by atoms with Gasteiger partial charge in [-0.1, -0.05) is 233 Å². The molecule has 0 aromatic rings. The first kappa shape index (κ1) is 64.5. The molecule has 1 aliphatic rings. The highest BCUT2D eigenvalue weighted by Gasteiger charge is 2.13. The van der Waals surface area contributed by atoms with Crippen molar-refractivity contribution >= 4 is 13.1 Å². The fourth-order valence-corrected chi connectivity index (χ4v) is 9.08. The van der Waals surface area contributed by atoms with Crippen molar-refractivity contribution in [2.45, 2.75) is 284 Å². The van der Waals surface area contributed by atoms with E-state index in [-0.39, 0.29) is 0 Å². The molecule has 0 spiro atoms. The third kappa shape index (κ3) is 51.7. The van der Waals surface area contributed by atoms with Crippen LogP contribution in [0, 0.1) is 11.8 Å². The van der Waals surface area contributed by atoms with Gasteiger partial charge in [-0.2, -0.15) is 0 Å². The van der Waals surface area contributed by atoms with Gasteiger partial charge in [-0.15, -0.1) is 0 Å². The van der Waals surface area contributed by atoms with Crippen molar-refractivity contribution in [3.63, 3.8) is 0 Å². The molecule has 0 aromatic heterocycles. The van der Waals surface area contributed by atoms with Gasteiger partial charge in [0.2, 0.25) is 0 Å². The van der Waals surface area contributed by atoms with Crippen molar-refractivity contribution in [2.75, 3.05) is 47.1 Å². The Balaban J connectivity index is -0.00000157. The zero-order valence-corrected chi connectivity index (χ0v) is 42.7. The summed E-state index contributed by atoms with van der Waals surface area (Å²) in [5.74, 6) is 1.69. The molecule has 0 radical (unpaired) electrons. The van der Waals surface area contributed by atoms with Gasteiger partial charge in [0.25, 0.3) is 0 Å². The Morgan fingerprint density at radius 3 is 1.23 bits per heavy atom. The molecule has 1 heterocycles. The lowest BCUT2D eigenvalue weighted by Gasteiger charge is -2.26. The molecule has 1 fully saturated rings. The van der Waals surface area contributed by atoms with E-state index in [1.54, 1.807) is 0 Å². The van der Waals surface area contributed by atoms with Crippen molar-refractivity contribution in [3.8, 4) is 0 Å². The van der Waals surface area contributed by atoms with Gasteiger partial charge in [0.05, 0.1) is 6.10 Å². The number of hydrogen-bond acceptors (Lipinski definition) is 6. The van der Waals surface area contributed by atoms with Gasteiger partial charge in [-0.3, -0.25) is 0 Å². The maximum atomic E-state index is 10.5. The molecule has 0 saturated carbocycles. The number of aliphatic hydroxyl groups excluding tert-OH is 1. The average Bonchev–Trinajstić information content (AvgIpc) is 3.29. The van der Waals surface area contributed by atoms with Crippen molar-refractivity contribution in [2.24, 2.45) is 11.8 Å². The molecule has 368 valence electrons. The van der Waals surface area contributed by atoms with E-state index >= 15 is 0 Å². The van der Waals surface area contributed by atoms with Crippen LogP contribution in [0.3, 0.4) is 0 Å². The molecule has 0 amide bonds. The molecular weight excluding hydrogens is 755 g/mol. The van der Waals surface area contributed by atoms with Crippen molar-refractivity contribution < 1.29 is 24.2 Å². The standard InChI is InChI=1S/C40H81NO2.C13H26O.CH4O.CH2O/c1-4-6-20-29-39(30-21-7-5-2)31-22-15-11-8-9-12-16-23-32-40(33-24-17-13-10-14-18-27-37-42-3)43-38-28-36-41-34-25-19-26-35-41;1-3-5-7-9-13(11-12-14)10-8-6-4-2;2*1-2/h39-40H,4-38H2,1-3H3;12-13H,3-11H2,1-2H3;2H,1H3;1H2. The lowest BCUT2D eigenvalue weighted by Crippen LogP contribution is -2.31. The quantitative estimate of drug-likeness (QED) is 0.0486. The minimum Gasteiger partial charge on any atom is -0.400 e. The number of unbranched alkanes of at least 4 members (excludes halogenated alkanes) is 21. The fraction of sp³-hybridized carbons (Fsp3) is 0.964. The fourth-order valence-electron chi connectivity index (χ4n) is 9.08. The van der Waals surface area contributed by atoms with Crippen LogP contribution in [0.15, 0.2) is 0 Å². The number of ether oxygens (including phenoxy) is 2. The Hall–Kier alpha value is -0.820. The number of aliphatic hydroxyl groups is 1. The Kier molecular flexibility index (Phi) is 62.5. The summed E-state index contributed by atoms with van der Waals surface area (Å²) in [6.07, 6.45) is 54.8. The summed E-state index contributed by atoms with van der Waals surface area (Å²) in [5.41, 5.74) is 0. The average molecular weight is 869 g/mol. The van der Waals surface area contributed by atoms with Gasteiger partial charge in [0.15, 0.2) is 0 Å². The summed E-state index contributed by atoms with van der Waals surface area (Å²) in [4.78, 5) is 21.1. The molecule has 1 unspecified atom stereocenters. The second-order valence-electron chi connectivity index (χ2n) is 18.5. The number of piperidine rings is 1. The summed E-state index contributed by atoms with van der Waals surface area (Å²) in [5, 5.41) is 7.00. The molecule has 0 aromatic carbocycles. The van der Waals surface area contributed by atoms with Crippen molar-refractivity contribution in [1.29, 1.82) is 0 Å². The molecule has 1 atom stereocenters. The molecule has 0 bridgehead atoms. The number of hydrogen-bond donors (Lipinski definition) is 1. The van der Waals surface area contributed by atoms with E-state index in [2.05, 4.69) is 32.6 Å². The van der Waals surface area contributed by atoms with Gasteiger partial charge in [-0.05, 0) is 63.5 Å². The Morgan fingerprint density at radius 2 is 0.836 bits per heavy atom. The predicted octanol–water partition coefficient (Wildman–Crippen LogP) is 16.5. The van der Waals surface area contributed by atoms with Gasteiger partial charge in [0, 0.05) is 40.4 Å². The van der Waals surface area contributed by atoms with E-state index in [0.29, 0.717) is 12.0 Å². The number of nitrogens with zero attached hydrogens (tertiary/aromatic N) is 1. The smallest absolute Gasteiger partial charge is 0.120 e. The van der Waals surface area contributed by atoms with Crippen LogP contribution in [0.25, 0.3) is 0 Å². The Morgan fingerprint density at radius 1 is 0.475 bits per heavy atom. The molecule has 6 nitrogen and oxygen atoms in total. The second kappa shape index (κ2) is 59.2. The van der Waals surface area contributed by atoms with Crippen LogP contribution in [0.5, 0.6) is 0 Å². The maximum Gasteiger partial charge on any atom is 0.120 e. The summed E-state index contributed by atoms with van der Waals surface area (Å²) >= 11 is 0. The van der Waals surface area contributed by atoms with Crippen molar-refractivity contribution in [3.05, 3.63) is 0 Å². The van der Waals surface area contributed by atoms with Crippen LogP contribution in [0.2, 0.25) is 0 Å². The first-order chi connectivity index (χ1) is 30.1. The van der Waals surface area contributed by atoms with Crippen LogP contribution >= 0.6 is 0 Å². The van der Waals surface area contributed by atoms with Gasteiger partial charge in [-0.25, -0.2) is 0 Å². The second-order valence-corrected chi connectivity index (χ2v) is 18.5. The number of carbonyl (C=O) groups excluding carboxylic acids is 2. The highest BCUT2D eigenvalue weighted by molar-refractivity contribution is 5.49. The minimum atomic E-state index is 0.505. The molecule has 0 aliphatic carbocycles. The van der Waals surface area contributed by atoms with Crippen LogP contribution in [0.1, 0.15) is 278 Å². The Labute approximate surface area is 384 Å². The Bertz CT molecular complexity index is 743. The lowest BCUT2D eigenvalue weighted by molar-refractivity contribution is -0.108. The summed E-state index contributed by atoms with van der Waals surface area (Å²) in [7, 11) is 2.81. The molecule has 1 N–H and O–H groups in total. The number of likely N-dealkylation sites (tertiary alicyclic amines) is 1. The van der Waals surface area contributed by atoms with Gasteiger partial charge in [0.1, 0.15) is 13.1 Å². The highest BCUT2D eigenvalue weighted by atomic mass is 16.5. The summed E-state index contributed by atoms with van der Waals surface area (Å²) in [6, 6.07) is 0. The topological polar surface area (TPSA) is 76.1 Å². The third-order valence-corrected chi connectivity index (χ3v) is 13.0.